The van der Waals surface area contributed by atoms with E-state index >= 15 is 0 Å². The number of hydrogen-bond acceptors (Lipinski definition) is 4. The van der Waals surface area contributed by atoms with Gasteiger partial charge in [-0.1, -0.05) is 11.6 Å². The number of nitrogens with two attached hydrogens (primary N) is 1. The highest BCUT2D eigenvalue weighted by Crippen LogP contribution is 2.32. The molecule has 0 bridgehead atoms. The molecular formula is C11H6ClNO2S. The Morgan fingerprint density at radius 1 is 1.31 bits per heavy atom. The first kappa shape index (κ1) is 9.69. The third kappa shape index (κ3) is 1.24. The second-order valence-corrected chi connectivity index (χ2v) is 4.77. The summed E-state index contributed by atoms with van der Waals surface area (Å²) in [6.07, 6.45) is 0. The largest absolute Gasteiger partial charge is 0.422 e. The Kier molecular flexibility index (Phi) is 1.96. The fourth-order valence-electron chi connectivity index (χ4n) is 1.73. The first-order chi connectivity index (χ1) is 7.66. The normalized spacial score (nSPS) is 11.3. The van der Waals surface area contributed by atoms with Crippen LogP contribution in [0.15, 0.2) is 32.8 Å². The van der Waals surface area contributed by atoms with Crippen molar-refractivity contribution in [2.24, 2.45) is 0 Å². The molecule has 3 rings (SSSR count). The summed E-state index contributed by atoms with van der Waals surface area (Å²) in [6.45, 7) is 0. The van der Waals surface area contributed by atoms with Crippen molar-refractivity contribution in [3.8, 4) is 0 Å². The Hall–Kier alpha value is -1.52. The standard InChI is InChI=1S/C11H6ClNO2S/c12-5-1-2-8-6(3-5)7-4-16-10(13)9(7)11(14)15-8/h1-4H,13H2. The molecule has 0 saturated carbocycles. The molecular weight excluding hydrogens is 246 g/mol. The third-order valence-corrected chi connectivity index (χ3v) is 3.50. The summed E-state index contributed by atoms with van der Waals surface area (Å²) in [7, 11) is 0. The van der Waals surface area contributed by atoms with Gasteiger partial charge >= 0.3 is 5.63 Å². The average Bonchev–Trinajstić information content (AvgIpc) is 2.63. The van der Waals surface area contributed by atoms with E-state index in [1.54, 1.807) is 18.2 Å². The quantitative estimate of drug-likeness (QED) is 0.624. The van der Waals surface area contributed by atoms with Crippen molar-refractivity contribution < 1.29 is 4.42 Å². The van der Waals surface area contributed by atoms with Crippen LogP contribution in [0, 0.1) is 0 Å². The summed E-state index contributed by atoms with van der Waals surface area (Å²) in [4.78, 5) is 11.7. The molecule has 3 nitrogen and oxygen atoms in total. The molecule has 80 valence electrons. The average molecular weight is 252 g/mol. The molecule has 0 aliphatic rings. The lowest BCUT2D eigenvalue weighted by atomic mass is 10.1. The van der Waals surface area contributed by atoms with Gasteiger partial charge in [0, 0.05) is 21.2 Å². The molecule has 0 saturated heterocycles. The predicted molar refractivity (Wildman–Crippen MR) is 67.3 cm³/mol. The summed E-state index contributed by atoms with van der Waals surface area (Å²) in [5.41, 5.74) is 5.86. The zero-order valence-electron chi connectivity index (χ0n) is 7.99. The van der Waals surface area contributed by atoms with Crippen LogP contribution in [0.3, 0.4) is 0 Å². The maximum atomic E-state index is 11.7. The molecule has 0 amide bonds. The molecule has 0 unspecified atom stereocenters. The van der Waals surface area contributed by atoms with Gasteiger partial charge in [-0.25, -0.2) is 4.79 Å². The van der Waals surface area contributed by atoms with E-state index in [-0.39, 0.29) is 0 Å². The van der Waals surface area contributed by atoms with Crippen LogP contribution in [-0.2, 0) is 0 Å². The van der Waals surface area contributed by atoms with Gasteiger partial charge in [0.1, 0.15) is 16.0 Å². The maximum absolute atomic E-state index is 11.7. The molecule has 3 aromatic rings. The number of nitrogen functional groups attached to an aromatic ring is 1. The Morgan fingerprint density at radius 2 is 2.12 bits per heavy atom. The van der Waals surface area contributed by atoms with Crippen molar-refractivity contribution in [1.82, 2.24) is 0 Å². The summed E-state index contributed by atoms with van der Waals surface area (Å²) < 4.78 is 5.18. The molecule has 2 aromatic heterocycles. The first-order valence-corrected chi connectivity index (χ1v) is 5.81. The highest BCUT2D eigenvalue weighted by molar-refractivity contribution is 7.16. The topological polar surface area (TPSA) is 56.2 Å². The number of anilines is 1. The molecule has 0 atom stereocenters. The number of thiophene rings is 1. The summed E-state index contributed by atoms with van der Waals surface area (Å²) in [5.74, 6) is 0. The number of hydrogen-bond donors (Lipinski definition) is 1. The van der Waals surface area contributed by atoms with E-state index in [0.29, 0.717) is 21.0 Å². The van der Waals surface area contributed by atoms with Crippen LogP contribution in [0.5, 0.6) is 0 Å². The van der Waals surface area contributed by atoms with E-state index in [1.807, 2.05) is 5.38 Å². The van der Waals surface area contributed by atoms with E-state index < -0.39 is 5.63 Å². The minimum Gasteiger partial charge on any atom is -0.422 e. The van der Waals surface area contributed by atoms with Gasteiger partial charge in [-0.05, 0) is 18.2 Å². The van der Waals surface area contributed by atoms with Crippen molar-refractivity contribution in [3.05, 3.63) is 39.0 Å². The van der Waals surface area contributed by atoms with Crippen LogP contribution in [-0.4, -0.2) is 0 Å². The Bertz CT molecular complexity index is 760. The minimum atomic E-state index is -0.399. The van der Waals surface area contributed by atoms with Gasteiger partial charge < -0.3 is 10.2 Å². The molecule has 16 heavy (non-hydrogen) atoms. The summed E-state index contributed by atoms with van der Waals surface area (Å²) in [5, 5.41) is 4.99. The monoisotopic (exact) mass is 251 g/mol. The zero-order valence-corrected chi connectivity index (χ0v) is 9.56. The highest BCUT2D eigenvalue weighted by atomic mass is 35.5. The zero-order chi connectivity index (χ0) is 11.3. The van der Waals surface area contributed by atoms with E-state index in [1.165, 1.54) is 11.3 Å². The lowest BCUT2D eigenvalue weighted by molar-refractivity contribution is 0.570. The van der Waals surface area contributed by atoms with Crippen molar-refractivity contribution >= 4 is 49.7 Å². The van der Waals surface area contributed by atoms with Crippen molar-refractivity contribution in [2.75, 3.05) is 5.73 Å². The van der Waals surface area contributed by atoms with Gasteiger partial charge in [0.15, 0.2) is 0 Å². The SMILES string of the molecule is Nc1scc2c1c(=O)oc1ccc(Cl)cc12. The van der Waals surface area contributed by atoms with E-state index in [9.17, 15) is 4.79 Å². The first-order valence-electron chi connectivity index (χ1n) is 4.56. The second kappa shape index (κ2) is 3.23. The van der Waals surface area contributed by atoms with Gasteiger partial charge in [0.2, 0.25) is 0 Å². The van der Waals surface area contributed by atoms with E-state index in [2.05, 4.69) is 0 Å². The highest BCUT2D eigenvalue weighted by Gasteiger charge is 2.11. The van der Waals surface area contributed by atoms with Crippen molar-refractivity contribution in [2.45, 2.75) is 0 Å². The van der Waals surface area contributed by atoms with Crippen LogP contribution in [0.2, 0.25) is 5.02 Å². The van der Waals surface area contributed by atoms with Crippen LogP contribution < -0.4 is 11.4 Å². The van der Waals surface area contributed by atoms with Gasteiger partial charge in [-0.15, -0.1) is 11.3 Å². The number of rotatable bonds is 0. The predicted octanol–water partition coefficient (Wildman–Crippen LogP) is 3.24. The van der Waals surface area contributed by atoms with Gasteiger partial charge in [0.05, 0.1) is 0 Å². The van der Waals surface area contributed by atoms with Crippen molar-refractivity contribution in [3.63, 3.8) is 0 Å². The van der Waals surface area contributed by atoms with Gasteiger partial charge in [-0.2, -0.15) is 0 Å². The van der Waals surface area contributed by atoms with E-state index in [4.69, 9.17) is 21.8 Å². The number of halogens is 1. The van der Waals surface area contributed by atoms with Crippen LogP contribution in [0.25, 0.3) is 21.7 Å². The summed E-state index contributed by atoms with van der Waals surface area (Å²) >= 11 is 7.25. The Labute approximate surface area is 99.0 Å². The fraction of sp³-hybridized carbons (Fsp3) is 0. The van der Waals surface area contributed by atoms with Crippen LogP contribution in [0.4, 0.5) is 5.00 Å². The third-order valence-electron chi connectivity index (χ3n) is 2.46. The number of fused-ring (bicyclic) bond motifs is 3. The molecule has 0 radical (unpaired) electrons. The minimum absolute atomic E-state index is 0.399. The Balaban J connectivity index is 2.67. The molecule has 2 heterocycles. The molecule has 0 fully saturated rings. The maximum Gasteiger partial charge on any atom is 0.347 e. The molecule has 0 spiro atoms. The van der Waals surface area contributed by atoms with Crippen LogP contribution >= 0.6 is 22.9 Å². The molecule has 0 aliphatic carbocycles. The molecule has 0 aliphatic heterocycles. The van der Waals surface area contributed by atoms with Crippen LogP contribution in [0.1, 0.15) is 0 Å². The summed E-state index contributed by atoms with van der Waals surface area (Å²) in [6, 6.07) is 5.15. The van der Waals surface area contributed by atoms with Crippen molar-refractivity contribution in [1.29, 1.82) is 0 Å². The van der Waals surface area contributed by atoms with Gasteiger partial charge in [-0.3, -0.25) is 0 Å². The Morgan fingerprint density at radius 3 is 2.94 bits per heavy atom. The molecule has 1 aromatic carbocycles. The lowest BCUT2D eigenvalue weighted by Gasteiger charge is -1.99. The molecule has 5 heteroatoms. The molecule has 2 N–H and O–H groups in total. The number of benzene rings is 1. The lowest BCUT2D eigenvalue weighted by Crippen LogP contribution is -2.00. The van der Waals surface area contributed by atoms with Gasteiger partial charge in [0.25, 0.3) is 0 Å². The van der Waals surface area contributed by atoms with E-state index in [0.717, 1.165) is 10.8 Å². The smallest absolute Gasteiger partial charge is 0.347 e. The fourth-order valence-corrected chi connectivity index (χ4v) is 2.71. The second-order valence-electron chi connectivity index (χ2n) is 3.42.